The second-order valence-corrected chi connectivity index (χ2v) is 18.4. The Kier molecular flexibility index (Phi) is 20.1. The number of pyridine rings is 4. The summed E-state index contributed by atoms with van der Waals surface area (Å²) in [6.45, 7) is 8.23. The van der Waals surface area contributed by atoms with Gasteiger partial charge in [-0.25, -0.2) is 4.79 Å². The minimum atomic E-state index is -0.921. The van der Waals surface area contributed by atoms with Gasteiger partial charge in [-0.05, 0) is 121 Å². The highest BCUT2D eigenvalue weighted by Gasteiger charge is 2.33. The summed E-state index contributed by atoms with van der Waals surface area (Å²) in [6.07, 6.45) is 15.7. The van der Waals surface area contributed by atoms with Crippen LogP contribution in [0.25, 0.3) is 22.3 Å². The molecule has 0 saturated heterocycles. The first-order valence-corrected chi connectivity index (χ1v) is 23.9. The highest BCUT2D eigenvalue weighted by molar-refractivity contribution is 5.82. The molecule has 0 aliphatic heterocycles. The SMILES string of the molecule is C.COC(=O)CC(N)c1cncc(-c2c(C)cccc2C)c1.COC(=O)CC(NC(=O)C(CC1CC1)n1ccccc1=O)c1cncc(-c2c(C)cccc2C)c1.O=C(O)C(CC1CC1)n1ccccc1=O. The second-order valence-electron chi connectivity index (χ2n) is 18.4. The standard InChI is InChI=1S/C28H31N3O4.C17H20N2O2.C11H13NO3.CH4/c1-18-7-6-8-19(2)27(18)22-14-21(16-29-17-22)23(15-26(33)35-3)30-28(34)24(13-20-10-11-20)31-12-5-4-9-25(31)32;1-11-5-4-6-12(2)17(11)14-7-13(9-19-10-14)15(18)8-16(20)21-3;13-10-3-1-2-6-12(10)9(11(14)15)7-8-4-5-8;/h4-9,12,14,16-17,20,23-24H,10-11,13,15H2,1-3H3,(H,30,34);4-7,9-10,15H,8,18H2,1-3H3;1-3,6,8-9H,4-5,7H2,(H,14,15);1H4. The van der Waals surface area contributed by atoms with Gasteiger partial charge in [0.15, 0.2) is 0 Å². The van der Waals surface area contributed by atoms with Crippen LogP contribution in [0.3, 0.4) is 0 Å². The quantitative estimate of drug-likeness (QED) is 0.0730. The van der Waals surface area contributed by atoms with Crippen LogP contribution in [0.2, 0.25) is 0 Å². The van der Waals surface area contributed by atoms with Crippen LogP contribution in [0.15, 0.2) is 132 Å². The van der Waals surface area contributed by atoms with Crippen LogP contribution >= 0.6 is 0 Å². The van der Waals surface area contributed by atoms with Crippen molar-refractivity contribution >= 4 is 23.8 Å². The van der Waals surface area contributed by atoms with E-state index in [-0.39, 0.29) is 43.3 Å². The zero-order chi connectivity index (χ0) is 51.2. The number of aryl methyl sites for hydroxylation is 4. The number of carbonyl (C=O) groups is 4. The van der Waals surface area contributed by atoms with Crippen molar-refractivity contribution in [3.8, 4) is 22.3 Å². The second kappa shape index (κ2) is 26.1. The number of aromatic nitrogens is 4. The van der Waals surface area contributed by atoms with Gasteiger partial charge >= 0.3 is 17.9 Å². The number of nitrogens with two attached hydrogens (primary N) is 1. The number of carboxylic acids is 1. The molecule has 2 fully saturated rings. The lowest BCUT2D eigenvalue weighted by atomic mass is 9.94. The third-order valence-corrected chi connectivity index (χ3v) is 12.9. The van der Waals surface area contributed by atoms with E-state index in [1.807, 2.05) is 56.4 Å². The van der Waals surface area contributed by atoms with Crippen molar-refractivity contribution in [1.29, 1.82) is 0 Å². The van der Waals surface area contributed by atoms with Crippen LogP contribution in [0, 0.1) is 39.5 Å². The summed E-state index contributed by atoms with van der Waals surface area (Å²) in [5.41, 5.74) is 15.9. The Morgan fingerprint density at radius 3 is 1.51 bits per heavy atom. The lowest BCUT2D eigenvalue weighted by Gasteiger charge is -2.24. The van der Waals surface area contributed by atoms with Crippen LogP contribution in [0.1, 0.15) is 116 Å². The molecule has 0 bridgehead atoms. The number of carbonyl (C=O) groups excluding carboxylic acids is 3. The number of amides is 1. The molecule has 4 heterocycles. The molecule has 2 aromatic carbocycles. The first kappa shape index (κ1) is 55.4. The van der Waals surface area contributed by atoms with Crippen LogP contribution in [-0.4, -0.2) is 62.2 Å². The van der Waals surface area contributed by atoms with Gasteiger partial charge in [-0.15, -0.1) is 0 Å². The molecule has 2 saturated carbocycles. The number of benzene rings is 2. The maximum atomic E-state index is 13.5. The van der Waals surface area contributed by atoms with Crippen molar-refractivity contribution in [3.63, 3.8) is 0 Å². The van der Waals surface area contributed by atoms with Gasteiger partial charge in [0.2, 0.25) is 5.91 Å². The van der Waals surface area contributed by atoms with E-state index in [2.05, 4.69) is 46.0 Å². The Bertz CT molecular complexity index is 2900. The zero-order valence-corrected chi connectivity index (χ0v) is 41.2. The highest BCUT2D eigenvalue weighted by atomic mass is 16.5. The maximum Gasteiger partial charge on any atom is 0.326 e. The van der Waals surface area contributed by atoms with E-state index < -0.39 is 36.1 Å². The van der Waals surface area contributed by atoms with E-state index in [1.54, 1.807) is 55.2 Å². The Hall–Kier alpha value is -7.52. The molecule has 4 atom stereocenters. The predicted octanol–water partition coefficient (Wildman–Crippen LogP) is 9.13. The van der Waals surface area contributed by atoms with Crippen molar-refractivity contribution in [2.75, 3.05) is 14.2 Å². The average molecular weight is 981 g/mol. The topological polar surface area (TPSA) is 215 Å². The fourth-order valence-electron chi connectivity index (χ4n) is 8.69. The van der Waals surface area contributed by atoms with Gasteiger partial charge in [-0.2, -0.15) is 0 Å². The Labute approximate surface area is 421 Å². The summed E-state index contributed by atoms with van der Waals surface area (Å²) in [6, 6.07) is 23.4. The third-order valence-electron chi connectivity index (χ3n) is 12.9. The van der Waals surface area contributed by atoms with Gasteiger partial charge < -0.3 is 34.8 Å². The number of nitrogens with one attached hydrogen (secondary N) is 1. The van der Waals surface area contributed by atoms with E-state index in [0.717, 1.165) is 64.6 Å². The first-order chi connectivity index (χ1) is 34.1. The predicted molar refractivity (Wildman–Crippen MR) is 278 cm³/mol. The van der Waals surface area contributed by atoms with Gasteiger partial charge in [-0.1, -0.05) is 81.6 Å². The fraction of sp³-hybridized carbons (Fsp3) is 0.368. The molecule has 6 aromatic rings. The number of aliphatic carboxylic acids is 1. The number of ether oxygens (including phenoxy) is 2. The minimum Gasteiger partial charge on any atom is -0.480 e. The van der Waals surface area contributed by atoms with Crippen molar-refractivity contribution in [2.24, 2.45) is 17.6 Å². The molecule has 4 unspecified atom stereocenters. The van der Waals surface area contributed by atoms with Crippen molar-refractivity contribution < 1.29 is 33.8 Å². The number of hydrogen-bond donors (Lipinski definition) is 3. The van der Waals surface area contributed by atoms with Crippen molar-refractivity contribution in [3.05, 3.63) is 176 Å². The lowest BCUT2D eigenvalue weighted by Crippen LogP contribution is -2.39. The normalized spacial score (nSPS) is 14.3. The molecule has 4 N–H and O–H groups in total. The molecule has 15 nitrogen and oxygen atoms in total. The van der Waals surface area contributed by atoms with Crippen LogP contribution in [0.4, 0.5) is 0 Å². The lowest BCUT2D eigenvalue weighted by molar-refractivity contribution is -0.142. The third kappa shape index (κ3) is 15.2. The van der Waals surface area contributed by atoms with Crippen molar-refractivity contribution in [1.82, 2.24) is 24.4 Å². The number of nitrogens with zero attached hydrogens (tertiary/aromatic N) is 4. The van der Waals surface area contributed by atoms with E-state index in [4.69, 9.17) is 15.6 Å². The molecule has 2 aliphatic carbocycles. The molecular weight excluding hydrogens is 913 g/mol. The summed E-state index contributed by atoms with van der Waals surface area (Å²) in [4.78, 5) is 80.9. The Morgan fingerprint density at radius 1 is 0.639 bits per heavy atom. The molecule has 4 aromatic heterocycles. The average Bonchev–Trinajstić information content (AvgIpc) is 4.31. The number of carboxylic acid groups (broad SMARTS) is 1. The number of hydrogen-bond acceptors (Lipinski definition) is 11. The Morgan fingerprint density at radius 2 is 1.07 bits per heavy atom. The summed E-state index contributed by atoms with van der Waals surface area (Å²) < 4.78 is 12.4. The number of rotatable bonds is 17. The van der Waals surface area contributed by atoms with E-state index in [0.29, 0.717) is 30.2 Å². The first-order valence-electron chi connectivity index (χ1n) is 23.9. The van der Waals surface area contributed by atoms with E-state index >= 15 is 0 Å². The molecule has 0 radical (unpaired) electrons. The molecule has 1 amide bonds. The number of esters is 2. The van der Waals surface area contributed by atoms with Crippen LogP contribution in [-0.2, 0) is 28.7 Å². The Balaban J connectivity index is 0.000000220. The van der Waals surface area contributed by atoms with Gasteiger partial charge in [0, 0.05) is 66.5 Å². The molecule has 8 rings (SSSR count). The van der Waals surface area contributed by atoms with E-state index in [9.17, 15) is 28.8 Å². The number of methoxy groups -OCH3 is 2. The smallest absolute Gasteiger partial charge is 0.326 e. The highest BCUT2D eigenvalue weighted by Crippen LogP contribution is 2.38. The maximum absolute atomic E-state index is 13.5. The van der Waals surface area contributed by atoms with Gasteiger partial charge in [0.25, 0.3) is 11.1 Å². The molecule has 380 valence electrons. The summed E-state index contributed by atoms with van der Waals surface area (Å²) in [5.74, 6) is -1.07. The molecular formula is C57H68N6O9. The van der Waals surface area contributed by atoms with Gasteiger partial charge in [0.05, 0.1) is 33.1 Å². The molecule has 0 spiro atoms. The van der Waals surface area contributed by atoms with Gasteiger partial charge in [0.1, 0.15) is 12.1 Å². The fourth-order valence-corrected chi connectivity index (χ4v) is 8.69. The summed E-state index contributed by atoms with van der Waals surface area (Å²) in [5, 5.41) is 12.1. The van der Waals surface area contributed by atoms with Gasteiger partial charge in [-0.3, -0.25) is 33.9 Å². The van der Waals surface area contributed by atoms with Crippen LogP contribution in [0.5, 0.6) is 0 Å². The summed E-state index contributed by atoms with van der Waals surface area (Å²) in [7, 11) is 2.69. The monoisotopic (exact) mass is 981 g/mol. The largest absolute Gasteiger partial charge is 0.480 e. The van der Waals surface area contributed by atoms with E-state index in [1.165, 1.54) is 46.6 Å². The molecule has 72 heavy (non-hydrogen) atoms. The minimum absolute atomic E-state index is 0. The van der Waals surface area contributed by atoms with Crippen molar-refractivity contribution in [2.45, 2.75) is 111 Å². The molecule has 2 aliphatic rings. The molecule has 15 heteroatoms. The zero-order valence-electron chi connectivity index (χ0n) is 41.2. The summed E-state index contributed by atoms with van der Waals surface area (Å²) >= 11 is 0. The van der Waals surface area contributed by atoms with Crippen LogP contribution < -0.4 is 22.2 Å².